The van der Waals surface area contributed by atoms with E-state index in [0.717, 1.165) is 62.8 Å². The quantitative estimate of drug-likeness (QED) is 0.712. The van der Waals surface area contributed by atoms with Crippen molar-refractivity contribution in [3.05, 3.63) is 11.4 Å². The fourth-order valence-electron chi connectivity index (χ4n) is 4.67. The molecule has 0 radical (unpaired) electrons. The maximum atomic E-state index is 12.5. The van der Waals surface area contributed by atoms with E-state index in [1.807, 2.05) is 11.6 Å². The van der Waals surface area contributed by atoms with Gasteiger partial charge in [-0.15, -0.1) is 5.10 Å². The van der Waals surface area contributed by atoms with Gasteiger partial charge in [0.15, 0.2) is 5.69 Å². The molecule has 27 heavy (non-hydrogen) atoms. The highest BCUT2D eigenvalue weighted by Gasteiger charge is 2.23. The number of carbonyl (C=O) groups excluding carboxylic acids is 1. The third-order valence-electron chi connectivity index (χ3n) is 5.93. The zero-order chi connectivity index (χ0) is 19.2. The summed E-state index contributed by atoms with van der Waals surface area (Å²) in [7, 11) is 0. The number of piperidine rings is 2. The minimum absolute atomic E-state index is 0.0899. The maximum Gasteiger partial charge on any atom is 0.273 e. The average Bonchev–Trinajstić information content (AvgIpc) is 3.03. The van der Waals surface area contributed by atoms with Gasteiger partial charge in [0.1, 0.15) is 0 Å². The highest BCUT2D eigenvalue weighted by Crippen LogP contribution is 2.21. The molecule has 1 aromatic rings. The lowest BCUT2D eigenvalue weighted by Crippen LogP contribution is -2.39. The lowest BCUT2D eigenvalue weighted by Gasteiger charge is -2.34. The number of likely N-dealkylation sites (tertiary alicyclic amines) is 1. The van der Waals surface area contributed by atoms with Gasteiger partial charge in [0.05, 0.1) is 11.7 Å². The van der Waals surface area contributed by atoms with Crippen LogP contribution in [0.4, 0.5) is 0 Å². The summed E-state index contributed by atoms with van der Waals surface area (Å²) >= 11 is 0. The predicted molar refractivity (Wildman–Crippen MR) is 107 cm³/mol. The molecular formula is C20H36N6O. The van der Waals surface area contributed by atoms with Crippen LogP contribution < -0.4 is 10.6 Å². The van der Waals surface area contributed by atoms with Crippen molar-refractivity contribution >= 4 is 5.91 Å². The second-order valence-corrected chi connectivity index (χ2v) is 8.62. The predicted octanol–water partition coefficient (Wildman–Crippen LogP) is 2.00. The van der Waals surface area contributed by atoms with Gasteiger partial charge in [-0.3, -0.25) is 4.79 Å². The van der Waals surface area contributed by atoms with Crippen LogP contribution in [0.5, 0.6) is 0 Å². The lowest BCUT2D eigenvalue weighted by atomic mass is 9.92. The number of carbonyl (C=O) groups is 1. The Kier molecular flexibility index (Phi) is 7.24. The minimum Gasteiger partial charge on any atom is -0.351 e. The van der Waals surface area contributed by atoms with E-state index in [4.69, 9.17) is 0 Å². The molecule has 7 heteroatoms. The number of unbranched alkanes of at least 4 members (excludes halogenated alkanes) is 1. The summed E-state index contributed by atoms with van der Waals surface area (Å²) in [6.45, 7) is 12.9. The molecule has 7 nitrogen and oxygen atoms in total. The van der Waals surface area contributed by atoms with Crippen molar-refractivity contribution in [3.63, 3.8) is 0 Å². The molecular weight excluding hydrogens is 340 g/mol. The van der Waals surface area contributed by atoms with Crippen molar-refractivity contribution in [2.24, 2.45) is 11.8 Å². The van der Waals surface area contributed by atoms with E-state index in [2.05, 4.69) is 39.7 Å². The summed E-state index contributed by atoms with van der Waals surface area (Å²) < 4.78 is 1.94. The molecule has 2 N–H and O–H groups in total. The van der Waals surface area contributed by atoms with Crippen molar-refractivity contribution in [2.45, 2.75) is 58.9 Å². The number of rotatable bonds is 7. The summed E-state index contributed by atoms with van der Waals surface area (Å²) in [4.78, 5) is 15.0. The molecule has 2 atom stereocenters. The first-order valence-electron chi connectivity index (χ1n) is 10.7. The van der Waals surface area contributed by atoms with Gasteiger partial charge in [0, 0.05) is 19.6 Å². The van der Waals surface area contributed by atoms with Crippen LogP contribution in [0.3, 0.4) is 0 Å². The van der Waals surface area contributed by atoms with Crippen LogP contribution in [0, 0.1) is 18.8 Å². The van der Waals surface area contributed by atoms with Crippen LogP contribution in [0.25, 0.3) is 0 Å². The van der Waals surface area contributed by atoms with E-state index in [1.165, 1.54) is 19.5 Å². The Hall–Kier alpha value is -1.47. The summed E-state index contributed by atoms with van der Waals surface area (Å²) in [6, 6.07) is 0.356. The Morgan fingerprint density at radius 2 is 1.89 bits per heavy atom. The van der Waals surface area contributed by atoms with Crippen molar-refractivity contribution in [3.8, 4) is 0 Å². The average molecular weight is 377 g/mol. The number of nitrogens with one attached hydrogen (secondary N) is 2. The number of amides is 1. The van der Waals surface area contributed by atoms with Crippen molar-refractivity contribution in [2.75, 3.05) is 39.3 Å². The van der Waals surface area contributed by atoms with E-state index in [0.29, 0.717) is 18.3 Å². The Balaban J connectivity index is 1.39. The van der Waals surface area contributed by atoms with Gasteiger partial charge >= 0.3 is 0 Å². The summed E-state index contributed by atoms with van der Waals surface area (Å²) in [6.07, 6.45) is 5.56. The summed E-state index contributed by atoms with van der Waals surface area (Å²) in [5, 5.41) is 14.8. The molecule has 0 aromatic carbocycles. The third-order valence-corrected chi connectivity index (χ3v) is 5.93. The molecule has 0 spiro atoms. The van der Waals surface area contributed by atoms with E-state index in [-0.39, 0.29) is 5.91 Å². The fourth-order valence-corrected chi connectivity index (χ4v) is 4.67. The molecule has 1 aromatic heterocycles. The summed E-state index contributed by atoms with van der Waals surface area (Å²) in [5.41, 5.74) is 1.36. The first-order valence-corrected chi connectivity index (χ1v) is 10.7. The molecule has 3 heterocycles. The molecule has 2 aliphatic rings. The lowest BCUT2D eigenvalue weighted by molar-refractivity contribution is 0.0946. The van der Waals surface area contributed by atoms with E-state index in [9.17, 15) is 4.79 Å². The molecule has 2 unspecified atom stereocenters. The molecule has 2 saturated heterocycles. The van der Waals surface area contributed by atoms with Gasteiger partial charge < -0.3 is 15.5 Å². The number of nitrogens with zero attached hydrogens (tertiary/aromatic N) is 4. The number of aromatic nitrogens is 3. The van der Waals surface area contributed by atoms with Gasteiger partial charge in [0.25, 0.3) is 5.91 Å². The van der Waals surface area contributed by atoms with Gasteiger partial charge in [-0.1, -0.05) is 19.1 Å². The topological polar surface area (TPSA) is 75.1 Å². The molecule has 0 saturated carbocycles. The van der Waals surface area contributed by atoms with Gasteiger partial charge in [-0.05, 0) is 70.5 Å². The Labute approximate surface area is 163 Å². The standard InChI is InChI=1S/C20H36N6O/c1-15-12-16(2)14-25(13-15)11-5-4-8-22-20(27)19-17(3)26(24-23-19)18-6-9-21-10-7-18/h15-16,18,21H,4-14H2,1-3H3,(H,22,27). The first-order chi connectivity index (χ1) is 13.0. The van der Waals surface area contributed by atoms with Crippen molar-refractivity contribution in [1.82, 2.24) is 30.5 Å². The van der Waals surface area contributed by atoms with Crippen LogP contribution in [0.1, 0.15) is 68.2 Å². The summed E-state index contributed by atoms with van der Waals surface area (Å²) in [5.74, 6) is 1.52. The SMILES string of the molecule is Cc1c(C(=O)NCCCCN2CC(C)CC(C)C2)nnn1C1CCNCC1. The van der Waals surface area contributed by atoms with Crippen LogP contribution in [-0.4, -0.2) is 65.1 Å². The zero-order valence-corrected chi connectivity index (χ0v) is 17.2. The van der Waals surface area contributed by atoms with Crippen molar-refractivity contribution < 1.29 is 4.79 Å². The van der Waals surface area contributed by atoms with Gasteiger partial charge in [-0.2, -0.15) is 0 Å². The smallest absolute Gasteiger partial charge is 0.273 e. The molecule has 2 aliphatic heterocycles. The monoisotopic (exact) mass is 376 g/mol. The number of hydrogen-bond donors (Lipinski definition) is 2. The van der Waals surface area contributed by atoms with Gasteiger partial charge in [-0.25, -0.2) is 4.68 Å². The van der Waals surface area contributed by atoms with Crippen LogP contribution in [0.2, 0.25) is 0 Å². The molecule has 1 amide bonds. The van der Waals surface area contributed by atoms with E-state index >= 15 is 0 Å². The molecule has 0 bridgehead atoms. The number of hydrogen-bond acceptors (Lipinski definition) is 5. The Morgan fingerprint density at radius 3 is 2.59 bits per heavy atom. The second kappa shape index (κ2) is 9.64. The van der Waals surface area contributed by atoms with Gasteiger partial charge in [0.2, 0.25) is 0 Å². The largest absolute Gasteiger partial charge is 0.351 e. The zero-order valence-electron chi connectivity index (χ0n) is 17.2. The van der Waals surface area contributed by atoms with Crippen LogP contribution in [0.15, 0.2) is 0 Å². The maximum absolute atomic E-state index is 12.5. The third kappa shape index (κ3) is 5.51. The van der Waals surface area contributed by atoms with Crippen LogP contribution in [-0.2, 0) is 0 Å². The Bertz CT molecular complexity index is 600. The van der Waals surface area contributed by atoms with E-state index < -0.39 is 0 Å². The highest BCUT2D eigenvalue weighted by atomic mass is 16.2. The minimum atomic E-state index is -0.0899. The second-order valence-electron chi connectivity index (χ2n) is 8.62. The fraction of sp³-hybridized carbons (Fsp3) is 0.850. The molecule has 2 fully saturated rings. The first kappa shape index (κ1) is 20.3. The Morgan fingerprint density at radius 1 is 1.19 bits per heavy atom. The molecule has 152 valence electrons. The van der Waals surface area contributed by atoms with Crippen LogP contribution >= 0.6 is 0 Å². The molecule has 3 rings (SSSR count). The van der Waals surface area contributed by atoms with E-state index in [1.54, 1.807) is 0 Å². The normalized spacial score (nSPS) is 24.9. The van der Waals surface area contributed by atoms with Crippen molar-refractivity contribution in [1.29, 1.82) is 0 Å². The molecule has 0 aliphatic carbocycles. The highest BCUT2D eigenvalue weighted by molar-refractivity contribution is 5.93.